The lowest BCUT2D eigenvalue weighted by Crippen LogP contribution is -1.96. The van der Waals surface area contributed by atoms with E-state index in [1.165, 1.54) is 6.20 Å². The molecule has 0 bridgehead atoms. The van der Waals surface area contributed by atoms with E-state index in [0.717, 1.165) is 11.3 Å². The van der Waals surface area contributed by atoms with Gasteiger partial charge in [-0.2, -0.15) is 10.2 Å². The number of aromatic nitrogens is 4. The molecule has 0 radical (unpaired) electrons. The predicted octanol–water partition coefficient (Wildman–Crippen LogP) is 2.28. The standard InChI is InChI=1S/C15H14N4O2/c1-10-3-5-12(6-4-10)19-9-13(15(20)21)14(17-19)11-7-16-18(2)8-11/h3-9H,1-2H3,(H,20,21). The number of carbonyl (C=O) groups is 1. The van der Waals surface area contributed by atoms with E-state index < -0.39 is 5.97 Å². The van der Waals surface area contributed by atoms with Gasteiger partial charge in [0, 0.05) is 25.0 Å². The zero-order valence-electron chi connectivity index (χ0n) is 11.7. The molecule has 0 aliphatic heterocycles. The zero-order chi connectivity index (χ0) is 15.0. The van der Waals surface area contributed by atoms with E-state index >= 15 is 0 Å². The van der Waals surface area contributed by atoms with Crippen LogP contribution in [-0.4, -0.2) is 30.6 Å². The molecule has 0 atom stereocenters. The molecule has 0 aliphatic rings. The smallest absolute Gasteiger partial charge is 0.339 e. The summed E-state index contributed by atoms with van der Waals surface area (Å²) >= 11 is 0. The third kappa shape index (κ3) is 2.43. The van der Waals surface area contributed by atoms with Gasteiger partial charge in [-0.15, -0.1) is 0 Å². The summed E-state index contributed by atoms with van der Waals surface area (Å²) in [4.78, 5) is 11.4. The first-order valence-electron chi connectivity index (χ1n) is 6.43. The van der Waals surface area contributed by atoms with E-state index in [-0.39, 0.29) is 5.56 Å². The van der Waals surface area contributed by atoms with Crippen LogP contribution < -0.4 is 0 Å². The van der Waals surface area contributed by atoms with Gasteiger partial charge in [-0.25, -0.2) is 9.48 Å². The number of carboxylic acids is 1. The zero-order valence-corrected chi connectivity index (χ0v) is 11.7. The molecule has 0 fully saturated rings. The topological polar surface area (TPSA) is 72.9 Å². The van der Waals surface area contributed by atoms with Crippen LogP contribution in [0.4, 0.5) is 0 Å². The fourth-order valence-electron chi connectivity index (χ4n) is 2.12. The largest absolute Gasteiger partial charge is 0.478 e. The summed E-state index contributed by atoms with van der Waals surface area (Å²) < 4.78 is 3.19. The summed E-state index contributed by atoms with van der Waals surface area (Å²) in [6, 6.07) is 7.73. The Labute approximate surface area is 121 Å². The number of nitrogens with zero attached hydrogens (tertiary/aromatic N) is 4. The summed E-state index contributed by atoms with van der Waals surface area (Å²) in [5, 5.41) is 17.8. The minimum Gasteiger partial charge on any atom is -0.478 e. The van der Waals surface area contributed by atoms with Crippen molar-refractivity contribution in [1.29, 1.82) is 0 Å². The van der Waals surface area contributed by atoms with E-state index in [1.807, 2.05) is 31.2 Å². The lowest BCUT2D eigenvalue weighted by atomic mass is 10.1. The molecule has 0 saturated heterocycles. The maximum Gasteiger partial charge on any atom is 0.339 e. The fraction of sp³-hybridized carbons (Fsp3) is 0.133. The van der Waals surface area contributed by atoms with Gasteiger partial charge in [-0.1, -0.05) is 17.7 Å². The van der Waals surface area contributed by atoms with Gasteiger partial charge in [0.2, 0.25) is 0 Å². The average molecular weight is 282 g/mol. The maximum atomic E-state index is 11.4. The Hall–Kier alpha value is -2.89. The van der Waals surface area contributed by atoms with Gasteiger partial charge in [0.1, 0.15) is 11.3 Å². The second-order valence-electron chi connectivity index (χ2n) is 4.88. The third-order valence-electron chi connectivity index (χ3n) is 3.22. The highest BCUT2D eigenvalue weighted by Crippen LogP contribution is 2.23. The summed E-state index contributed by atoms with van der Waals surface area (Å²) in [5.41, 5.74) is 3.20. The molecular weight excluding hydrogens is 268 g/mol. The van der Waals surface area contributed by atoms with Crippen molar-refractivity contribution < 1.29 is 9.90 Å². The molecule has 0 unspecified atom stereocenters. The molecular formula is C15H14N4O2. The van der Waals surface area contributed by atoms with Crippen molar-refractivity contribution in [1.82, 2.24) is 19.6 Å². The number of aromatic carboxylic acids is 1. The molecule has 6 heteroatoms. The van der Waals surface area contributed by atoms with E-state index in [0.29, 0.717) is 11.3 Å². The van der Waals surface area contributed by atoms with Crippen LogP contribution in [0.3, 0.4) is 0 Å². The minimum atomic E-state index is -1.01. The molecule has 6 nitrogen and oxygen atoms in total. The van der Waals surface area contributed by atoms with Gasteiger partial charge in [0.15, 0.2) is 0 Å². The monoisotopic (exact) mass is 282 g/mol. The van der Waals surface area contributed by atoms with Crippen LogP contribution in [0.2, 0.25) is 0 Å². The van der Waals surface area contributed by atoms with Gasteiger partial charge in [0.25, 0.3) is 0 Å². The Morgan fingerprint density at radius 1 is 1.19 bits per heavy atom. The van der Waals surface area contributed by atoms with Crippen LogP contribution in [0.1, 0.15) is 15.9 Å². The predicted molar refractivity (Wildman–Crippen MR) is 77.5 cm³/mol. The summed E-state index contributed by atoms with van der Waals surface area (Å²) in [5.74, 6) is -1.01. The molecule has 3 rings (SSSR count). The van der Waals surface area contributed by atoms with Crippen LogP contribution in [-0.2, 0) is 7.05 Å². The molecule has 2 heterocycles. The Morgan fingerprint density at radius 3 is 2.48 bits per heavy atom. The van der Waals surface area contributed by atoms with Crippen LogP contribution in [0.5, 0.6) is 0 Å². The summed E-state index contributed by atoms with van der Waals surface area (Å²) in [7, 11) is 1.78. The third-order valence-corrected chi connectivity index (χ3v) is 3.22. The Kier molecular flexibility index (Phi) is 3.06. The van der Waals surface area contributed by atoms with Crippen LogP contribution in [0.15, 0.2) is 42.9 Å². The van der Waals surface area contributed by atoms with Crippen molar-refractivity contribution in [2.75, 3.05) is 0 Å². The number of hydrogen-bond donors (Lipinski definition) is 1. The first kappa shape index (κ1) is 13.1. The SMILES string of the molecule is Cc1ccc(-n2cc(C(=O)O)c(-c3cnn(C)c3)n2)cc1. The fourth-order valence-corrected chi connectivity index (χ4v) is 2.12. The number of benzene rings is 1. The molecule has 21 heavy (non-hydrogen) atoms. The van der Waals surface area contributed by atoms with E-state index in [9.17, 15) is 9.90 Å². The van der Waals surface area contributed by atoms with Gasteiger partial charge < -0.3 is 5.11 Å². The molecule has 0 spiro atoms. The highest BCUT2D eigenvalue weighted by molar-refractivity contribution is 5.94. The first-order chi connectivity index (χ1) is 10.0. The quantitative estimate of drug-likeness (QED) is 0.800. The van der Waals surface area contributed by atoms with Gasteiger partial charge in [-0.3, -0.25) is 4.68 Å². The molecule has 0 amide bonds. The number of hydrogen-bond acceptors (Lipinski definition) is 3. The molecule has 0 aliphatic carbocycles. The van der Waals surface area contributed by atoms with Crippen LogP contribution in [0.25, 0.3) is 16.9 Å². The minimum absolute atomic E-state index is 0.156. The highest BCUT2D eigenvalue weighted by Gasteiger charge is 2.18. The normalized spacial score (nSPS) is 10.8. The summed E-state index contributed by atoms with van der Waals surface area (Å²) in [6.45, 7) is 2.00. The van der Waals surface area contributed by atoms with Crippen LogP contribution in [0, 0.1) is 6.92 Å². The van der Waals surface area contributed by atoms with Crippen LogP contribution >= 0.6 is 0 Å². The van der Waals surface area contributed by atoms with Crippen molar-refractivity contribution in [2.45, 2.75) is 6.92 Å². The van der Waals surface area contributed by atoms with Crippen molar-refractivity contribution in [3.63, 3.8) is 0 Å². The number of carboxylic acid groups (broad SMARTS) is 1. The second kappa shape index (κ2) is 4.90. The summed E-state index contributed by atoms with van der Waals surface area (Å²) in [6.07, 6.45) is 4.87. The van der Waals surface area contributed by atoms with Crippen molar-refractivity contribution >= 4 is 5.97 Å². The van der Waals surface area contributed by atoms with Crippen molar-refractivity contribution in [3.05, 3.63) is 54.0 Å². The Bertz CT molecular complexity index is 799. The van der Waals surface area contributed by atoms with Gasteiger partial charge in [-0.05, 0) is 19.1 Å². The lowest BCUT2D eigenvalue weighted by molar-refractivity contribution is 0.0697. The average Bonchev–Trinajstić information content (AvgIpc) is 3.05. The van der Waals surface area contributed by atoms with E-state index in [2.05, 4.69) is 10.2 Å². The molecule has 1 aromatic carbocycles. The molecule has 3 aromatic rings. The van der Waals surface area contributed by atoms with Crippen molar-refractivity contribution in [2.24, 2.45) is 7.05 Å². The lowest BCUT2D eigenvalue weighted by Gasteiger charge is -2.00. The molecule has 1 N–H and O–H groups in total. The van der Waals surface area contributed by atoms with Gasteiger partial charge >= 0.3 is 5.97 Å². The van der Waals surface area contributed by atoms with Crippen molar-refractivity contribution in [3.8, 4) is 16.9 Å². The first-order valence-corrected chi connectivity index (χ1v) is 6.43. The Morgan fingerprint density at radius 2 is 1.90 bits per heavy atom. The molecule has 2 aromatic heterocycles. The number of aryl methyl sites for hydroxylation is 2. The Balaban J connectivity index is 2.12. The van der Waals surface area contributed by atoms with E-state index in [1.54, 1.807) is 28.8 Å². The highest BCUT2D eigenvalue weighted by atomic mass is 16.4. The molecule has 0 saturated carbocycles. The van der Waals surface area contributed by atoms with E-state index in [4.69, 9.17) is 0 Å². The second-order valence-corrected chi connectivity index (χ2v) is 4.88. The maximum absolute atomic E-state index is 11.4. The number of rotatable bonds is 3. The van der Waals surface area contributed by atoms with Gasteiger partial charge in [0.05, 0.1) is 11.9 Å². The molecule has 106 valence electrons.